The number of aromatic nitrogens is 1. The van der Waals surface area contributed by atoms with Crippen LogP contribution in [-0.4, -0.2) is 11.5 Å². The molecule has 0 saturated heterocycles. The van der Waals surface area contributed by atoms with Crippen LogP contribution < -0.4 is 5.32 Å². The van der Waals surface area contributed by atoms with Gasteiger partial charge in [0.25, 0.3) is 0 Å². The van der Waals surface area contributed by atoms with E-state index >= 15 is 0 Å². The van der Waals surface area contributed by atoms with Crippen molar-refractivity contribution in [2.75, 3.05) is 6.54 Å². The Morgan fingerprint density at radius 2 is 2.20 bits per heavy atom. The monoisotopic (exact) mass is 332 g/mol. The van der Waals surface area contributed by atoms with Gasteiger partial charge in [-0.1, -0.05) is 47.8 Å². The van der Waals surface area contributed by atoms with Gasteiger partial charge in [0.15, 0.2) is 0 Å². The number of halogens is 1. The molecule has 1 N–H and O–H groups in total. The van der Waals surface area contributed by atoms with Crippen molar-refractivity contribution in [1.82, 2.24) is 10.3 Å². The number of hydrogen-bond donors (Lipinski definition) is 1. The normalized spacial score (nSPS) is 22.5. The largest absolute Gasteiger partial charge is 0.312 e. The zero-order valence-corrected chi connectivity index (χ0v) is 13.5. The van der Waals surface area contributed by atoms with Gasteiger partial charge in [0.1, 0.15) is 0 Å². The second-order valence-electron chi connectivity index (χ2n) is 5.91. The maximum atomic E-state index is 4.54. The first-order chi connectivity index (χ1) is 9.75. The maximum absolute atomic E-state index is 4.54. The maximum Gasteiger partial charge on any atom is 0.0758 e. The summed E-state index contributed by atoms with van der Waals surface area (Å²) in [4.78, 5) is 4.54. The van der Waals surface area contributed by atoms with Crippen LogP contribution in [0.15, 0.2) is 34.9 Å². The minimum atomic E-state index is 0.852. The molecule has 1 aromatic heterocycles. The second kappa shape index (κ2) is 6.23. The molecule has 0 radical (unpaired) electrons. The highest BCUT2D eigenvalue weighted by atomic mass is 79.9. The molecule has 20 heavy (non-hydrogen) atoms. The van der Waals surface area contributed by atoms with Crippen LogP contribution in [0.2, 0.25) is 0 Å². The molecule has 1 heterocycles. The van der Waals surface area contributed by atoms with Crippen molar-refractivity contribution in [3.63, 3.8) is 0 Å². The van der Waals surface area contributed by atoms with Gasteiger partial charge in [-0.25, -0.2) is 0 Å². The first-order valence-electron chi connectivity index (χ1n) is 7.48. The fourth-order valence-corrected chi connectivity index (χ4v) is 3.71. The van der Waals surface area contributed by atoms with Crippen LogP contribution in [-0.2, 0) is 6.54 Å². The number of rotatable bonds is 4. The predicted molar refractivity (Wildman–Crippen MR) is 87.7 cm³/mol. The highest BCUT2D eigenvalue weighted by Crippen LogP contribution is 2.30. The first-order valence-corrected chi connectivity index (χ1v) is 8.28. The van der Waals surface area contributed by atoms with Crippen LogP contribution in [0.4, 0.5) is 0 Å². The lowest BCUT2D eigenvalue weighted by Crippen LogP contribution is -2.24. The summed E-state index contributed by atoms with van der Waals surface area (Å²) in [5.41, 5.74) is 2.39. The van der Waals surface area contributed by atoms with Crippen molar-refractivity contribution in [3.05, 3.63) is 40.5 Å². The molecule has 1 aliphatic rings. The third kappa shape index (κ3) is 2.89. The summed E-state index contributed by atoms with van der Waals surface area (Å²) >= 11 is 3.60. The van der Waals surface area contributed by atoms with Gasteiger partial charge < -0.3 is 5.32 Å². The third-order valence-electron chi connectivity index (χ3n) is 4.56. The summed E-state index contributed by atoms with van der Waals surface area (Å²) in [6, 6.07) is 8.41. The molecule has 106 valence electrons. The Labute approximate surface area is 129 Å². The number of hydrogen-bond acceptors (Lipinski definition) is 2. The number of nitrogens with one attached hydrogen (secondary N) is 1. The smallest absolute Gasteiger partial charge is 0.0758 e. The number of fused-ring (bicyclic) bond motifs is 1. The van der Waals surface area contributed by atoms with Gasteiger partial charge >= 0.3 is 0 Å². The Balaban J connectivity index is 1.70. The highest BCUT2D eigenvalue weighted by molar-refractivity contribution is 9.10. The zero-order valence-electron chi connectivity index (χ0n) is 11.9. The molecule has 0 aliphatic heterocycles. The van der Waals surface area contributed by atoms with Crippen LogP contribution >= 0.6 is 15.9 Å². The number of benzene rings is 1. The van der Waals surface area contributed by atoms with E-state index < -0.39 is 0 Å². The fraction of sp³-hybridized carbons (Fsp3) is 0.471. The average molecular weight is 333 g/mol. The topological polar surface area (TPSA) is 24.9 Å². The molecule has 3 rings (SSSR count). The van der Waals surface area contributed by atoms with Crippen molar-refractivity contribution >= 4 is 26.8 Å². The Bertz CT molecular complexity index is 597. The minimum absolute atomic E-state index is 0.852. The van der Waals surface area contributed by atoms with Gasteiger partial charge in [0, 0.05) is 22.6 Å². The predicted octanol–water partition coefficient (Wildman–Crippen LogP) is 4.52. The number of nitrogens with zero attached hydrogens (tertiary/aromatic N) is 1. The summed E-state index contributed by atoms with van der Waals surface area (Å²) in [7, 11) is 0. The molecule has 1 aromatic carbocycles. The van der Waals surface area contributed by atoms with Gasteiger partial charge in [0.2, 0.25) is 0 Å². The van der Waals surface area contributed by atoms with E-state index in [1.54, 1.807) is 0 Å². The van der Waals surface area contributed by atoms with Crippen LogP contribution in [0.25, 0.3) is 10.9 Å². The van der Waals surface area contributed by atoms with E-state index in [-0.39, 0.29) is 0 Å². The third-order valence-corrected chi connectivity index (χ3v) is 5.25. The summed E-state index contributed by atoms with van der Waals surface area (Å²) in [5.74, 6) is 1.73. The molecule has 2 atom stereocenters. The van der Waals surface area contributed by atoms with Crippen molar-refractivity contribution in [1.29, 1.82) is 0 Å². The van der Waals surface area contributed by atoms with E-state index in [4.69, 9.17) is 0 Å². The van der Waals surface area contributed by atoms with E-state index in [2.05, 4.69) is 51.4 Å². The summed E-state index contributed by atoms with van der Waals surface area (Å²) < 4.78 is 1.12. The van der Waals surface area contributed by atoms with E-state index in [0.29, 0.717) is 0 Å². The Morgan fingerprint density at radius 1 is 1.30 bits per heavy atom. The van der Waals surface area contributed by atoms with Crippen molar-refractivity contribution in [2.45, 2.75) is 32.7 Å². The lowest BCUT2D eigenvalue weighted by Gasteiger charge is -2.16. The van der Waals surface area contributed by atoms with Gasteiger partial charge in [-0.2, -0.15) is 0 Å². The van der Waals surface area contributed by atoms with Crippen molar-refractivity contribution in [2.24, 2.45) is 11.8 Å². The van der Waals surface area contributed by atoms with E-state index in [1.807, 2.05) is 12.3 Å². The molecule has 1 fully saturated rings. The minimum Gasteiger partial charge on any atom is -0.312 e. The van der Waals surface area contributed by atoms with Gasteiger partial charge in [-0.05, 0) is 42.5 Å². The molecule has 2 unspecified atom stereocenters. The Hall–Kier alpha value is -0.930. The molecule has 2 aromatic rings. The summed E-state index contributed by atoms with van der Waals surface area (Å²) in [6.45, 7) is 4.42. The van der Waals surface area contributed by atoms with Crippen LogP contribution in [0, 0.1) is 11.8 Å². The van der Waals surface area contributed by atoms with E-state index in [0.717, 1.165) is 34.9 Å². The Kier molecular flexibility index (Phi) is 4.37. The SMILES string of the molecule is CC1CCCC1CNCc1ccc(Br)c2cccnc12. The molecular formula is C17H21BrN2. The fourth-order valence-electron chi connectivity index (χ4n) is 3.26. The highest BCUT2D eigenvalue weighted by Gasteiger charge is 2.22. The first kappa shape index (κ1) is 14.0. The molecule has 0 amide bonds. The zero-order chi connectivity index (χ0) is 13.9. The Morgan fingerprint density at radius 3 is 3.00 bits per heavy atom. The van der Waals surface area contributed by atoms with Crippen molar-refractivity contribution < 1.29 is 0 Å². The quantitative estimate of drug-likeness (QED) is 0.890. The molecule has 0 spiro atoms. The average Bonchev–Trinajstić information content (AvgIpc) is 2.87. The van der Waals surface area contributed by atoms with Gasteiger partial charge in [-0.15, -0.1) is 0 Å². The lowest BCUT2D eigenvalue weighted by atomic mass is 9.98. The second-order valence-corrected chi connectivity index (χ2v) is 6.76. The molecule has 0 bridgehead atoms. The van der Waals surface area contributed by atoms with Crippen LogP contribution in [0.3, 0.4) is 0 Å². The molecular weight excluding hydrogens is 312 g/mol. The van der Waals surface area contributed by atoms with Gasteiger partial charge in [0.05, 0.1) is 5.52 Å². The molecule has 2 nitrogen and oxygen atoms in total. The van der Waals surface area contributed by atoms with Gasteiger partial charge in [-0.3, -0.25) is 4.98 Å². The number of pyridine rings is 1. The standard InChI is InChI=1S/C17H21BrN2/c1-12-4-2-5-13(12)10-19-11-14-7-8-16(18)15-6-3-9-20-17(14)15/h3,6-9,12-13,19H,2,4-5,10-11H2,1H3. The molecule has 3 heteroatoms. The molecule has 1 saturated carbocycles. The summed E-state index contributed by atoms with van der Waals surface area (Å²) in [5, 5.41) is 4.83. The molecule has 1 aliphatic carbocycles. The van der Waals surface area contributed by atoms with Crippen LogP contribution in [0.1, 0.15) is 31.7 Å². The lowest BCUT2D eigenvalue weighted by molar-refractivity contribution is 0.392. The van der Waals surface area contributed by atoms with E-state index in [9.17, 15) is 0 Å². The van der Waals surface area contributed by atoms with E-state index in [1.165, 1.54) is 30.2 Å². The van der Waals surface area contributed by atoms with Crippen molar-refractivity contribution in [3.8, 4) is 0 Å². The summed E-state index contributed by atoms with van der Waals surface area (Å²) in [6.07, 6.45) is 6.05. The van der Waals surface area contributed by atoms with Crippen LogP contribution in [0.5, 0.6) is 0 Å².